The molecule has 0 rings (SSSR count). The normalized spacial score (nSPS) is 18.0. The van der Waals surface area contributed by atoms with Crippen molar-refractivity contribution in [3.63, 3.8) is 0 Å². The van der Waals surface area contributed by atoms with Crippen LogP contribution in [0.4, 0.5) is 0 Å². The second-order valence-corrected chi connectivity index (χ2v) is 1.38. The van der Waals surface area contributed by atoms with Crippen molar-refractivity contribution in [2.45, 2.75) is 12.4 Å². The van der Waals surface area contributed by atoms with E-state index in [1.807, 2.05) is 0 Å². The first-order chi connectivity index (χ1) is 3.72. The lowest BCUT2D eigenvalue weighted by Crippen LogP contribution is -2.30. The van der Waals surface area contributed by atoms with E-state index >= 15 is 0 Å². The zero-order chi connectivity index (χ0) is 6.57. The number of aliphatic hydroxyl groups is 3. The minimum Gasteiger partial charge on any atom is -0.393 e. The highest BCUT2D eigenvalue weighted by atomic mass is 16.6. The summed E-state index contributed by atoms with van der Waals surface area (Å²) in [5.74, 6) is 0. The summed E-state index contributed by atoms with van der Waals surface area (Å²) in [6, 6.07) is 0. The number of rotatable bonds is 3. The summed E-state index contributed by atoms with van der Waals surface area (Å²) in [5, 5.41) is 25.1. The van der Waals surface area contributed by atoms with E-state index in [1.165, 1.54) is 7.11 Å². The summed E-state index contributed by atoms with van der Waals surface area (Å²) in [6.07, 6.45) is -2.47. The number of methoxy groups -OCH3 is 1. The molecule has 0 aromatic rings. The van der Waals surface area contributed by atoms with E-state index in [1.54, 1.807) is 0 Å². The highest BCUT2D eigenvalue weighted by molar-refractivity contribution is 4.52. The Bertz CT molecular complexity index is 48.0. The minimum atomic E-state index is -1.28. The minimum absolute atomic E-state index is 0.491. The molecule has 2 atom stereocenters. The van der Waals surface area contributed by atoms with Gasteiger partial charge in [0, 0.05) is 7.11 Å². The molecule has 50 valence electrons. The van der Waals surface area contributed by atoms with Gasteiger partial charge in [0.2, 0.25) is 0 Å². The van der Waals surface area contributed by atoms with Gasteiger partial charge in [0.1, 0.15) is 6.10 Å². The van der Waals surface area contributed by atoms with Crippen LogP contribution in [-0.2, 0) is 4.74 Å². The topological polar surface area (TPSA) is 69.9 Å². The predicted molar refractivity (Wildman–Crippen MR) is 26.1 cm³/mol. The smallest absolute Gasteiger partial charge is 0.182 e. The Hall–Kier alpha value is -0.160. The van der Waals surface area contributed by atoms with Gasteiger partial charge in [-0.1, -0.05) is 0 Å². The number of hydrogen-bond acceptors (Lipinski definition) is 4. The summed E-state index contributed by atoms with van der Waals surface area (Å²) >= 11 is 0. The van der Waals surface area contributed by atoms with Crippen LogP contribution < -0.4 is 0 Å². The average Bonchev–Trinajstić information content (AvgIpc) is 1.84. The molecule has 0 bridgehead atoms. The SMILES string of the molecule is CO[C@@H](O)[C@@H](O)CO. The molecule has 0 aliphatic carbocycles. The van der Waals surface area contributed by atoms with Gasteiger partial charge in [-0.3, -0.25) is 0 Å². The average molecular weight is 122 g/mol. The largest absolute Gasteiger partial charge is 0.393 e. The van der Waals surface area contributed by atoms with Crippen LogP contribution in [0.15, 0.2) is 0 Å². The highest BCUT2D eigenvalue weighted by Crippen LogP contribution is 1.90. The Morgan fingerprint density at radius 1 is 1.50 bits per heavy atom. The monoisotopic (exact) mass is 122 g/mol. The third kappa shape index (κ3) is 2.23. The van der Waals surface area contributed by atoms with Crippen molar-refractivity contribution in [1.82, 2.24) is 0 Å². The molecule has 0 aliphatic heterocycles. The third-order valence-electron chi connectivity index (χ3n) is 0.758. The van der Waals surface area contributed by atoms with E-state index in [9.17, 15) is 0 Å². The van der Waals surface area contributed by atoms with Gasteiger partial charge in [0.15, 0.2) is 6.29 Å². The maximum Gasteiger partial charge on any atom is 0.182 e. The molecule has 0 heterocycles. The van der Waals surface area contributed by atoms with Crippen LogP contribution in [0.3, 0.4) is 0 Å². The highest BCUT2D eigenvalue weighted by Gasteiger charge is 2.12. The molecular weight excluding hydrogens is 112 g/mol. The van der Waals surface area contributed by atoms with Crippen LogP contribution in [0, 0.1) is 0 Å². The molecule has 8 heavy (non-hydrogen) atoms. The first kappa shape index (κ1) is 7.84. The molecule has 0 radical (unpaired) electrons. The van der Waals surface area contributed by atoms with E-state index in [-0.39, 0.29) is 0 Å². The van der Waals surface area contributed by atoms with Gasteiger partial charge in [-0.15, -0.1) is 0 Å². The summed E-state index contributed by atoms with van der Waals surface area (Å²) in [5.41, 5.74) is 0. The Morgan fingerprint density at radius 2 is 2.00 bits per heavy atom. The van der Waals surface area contributed by atoms with Crippen LogP contribution in [0.1, 0.15) is 0 Å². The summed E-state index contributed by atoms with van der Waals surface area (Å²) in [7, 11) is 1.24. The molecule has 4 heteroatoms. The fraction of sp³-hybridized carbons (Fsp3) is 1.00. The van der Waals surface area contributed by atoms with Crippen molar-refractivity contribution in [2.24, 2.45) is 0 Å². The predicted octanol–water partition coefficient (Wildman–Crippen LogP) is -1.70. The molecule has 0 aliphatic rings. The second kappa shape index (κ2) is 3.80. The Labute approximate surface area is 47.3 Å². The quantitative estimate of drug-likeness (QED) is 0.390. The van der Waals surface area contributed by atoms with Gasteiger partial charge in [-0.2, -0.15) is 0 Å². The molecule has 0 aromatic carbocycles. The van der Waals surface area contributed by atoms with Crippen molar-refractivity contribution in [3.05, 3.63) is 0 Å². The summed E-state index contributed by atoms with van der Waals surface area (Å²) in [4.78, 5) is 0. The molecule has 0 amide bonds. The van der Waals surface area contributed by atoms with Gasteiger partial charge in [0.05, 0.1) is 6.61 Å². The van der Waals surface area contributed by atoms with E-state index in [0.29, 0.717) is 0 Å². The zero-order valence-electron chi connectivity index (χ0n) is 4.61. The summed E-state index contributed by atoms with van der Waals surface area (Å²) < 4.78 is 4.25. The van der Waals surface area contributed by atoms with Crippen molar-refractivity contribution in [2.75, 3.05) is 13.7 Å². The Kier molecular flexibility index (Phi) is 3.72. The van der Waals surface area contributed by atoms with E-state index < -0.39 is 19.0 Å². The van der Waals surface area contributed by atoms with Gasteiger partial charge in [-0.25, -0.2) is 0 Å². The van der Waals surface area contributed by atoms with Gasteiger partial charge in [0.25, 0.3) is 0 Å². The molecule has 0 aromatic heterocycles. The number of hydrogen-bond donors (Lipinski definition) is 3. The van der Waals surface area contributed by atoms with Gasteiger partial charge in [-0.05, 0) is 0 Å². The lowest BCUT2D eigenvalue weighted by molar-refractivity contribution is -0.154. The molecule has 0 unspecified atom stereocenters. The fourth-order valence-electron chi connectivity index (χ4n) is 0.247. The van der Waals surface area contributed by atoms with Gasteiger partial charge >= 0.3 is 0 Å². The number of aliphatic hydroxyl groups excluding tert-OH is 3. The molecule has 0 spiro atoms. The van der Waals surface area contributed by atoms with Gasteiger partial charge < -0.3 is 20.1 Å². The zero-order valence-corrected chi connectivity index (χ0v) is 4.61. The molecule has 0 fully saturated rings. The van der Waals surface area contributed by atoms with Crippen molar-refractivity contribution < 1.29 is 20.1 Å². The summed E-state index contributed by atoms with van der Waals surface area (Å²) in [6.45, 7) is -0.491. The van der Waals surface area contributed by atoms with Crippen LogP contribution in [0.25, 0.3) is 0 Å². The second-order valence-electron chi connectivity index (χ2n) is 1.38. The lowest BCUT2D eigenvalue weighted by atomic mass is 10.4. The lowest BCUT2D eigenvalue weighted by Gasteiger charge is -2.12. The van der Waals surface area contributed by atoms with E-state index in [0.717, 1.165) is 0 Å². The van der Waals surface area contributed by atoms with Crippen LogP contribution in [0.5, 0.6) is 0 Å². The van der Waals surface area contributed by atoms with Crippen LogP contribution in [0.2, 0.25) is 0 Å². The number of ether oxygens (including phenoxy) is 1. The van der Waals surface area contributed by atoms with Crippen LogP contribution >= 0.6 is 0 Å². The maximum atomic E-state index is 8.50. The van der Waals surface area contributed by atoms with Crippen molar-refractivity contribution in [1.29, 1.82) is 0 Å². The first-order valence-corrected chi connectivity index (χ1v) is 2.22. The maximum absolute atomic E-state index is 8.50. The fourth-order valence-corrected chi connectivity index (χ4v) is 0.247. The first-order valence-electron chi connectivity index (χ1n) is 2.22. The molecular formula is C4H10O4. The Balaban J connectivity index is 3.29. The Morgan fingerprint density at radius 3 is 2.12 bits per heavy atom. The van der Waals surface area contributed by atoms with Crippen molar-refractivity contribution >= 4 is 0 Å². The molecule has 0 saturated heterocycles. The molecule has 3 N–H and O–H groups in total. The molecule has 4 nitrogen and oxygen atoms in total. The third-order valence-corrected chi connectivity index (χ3v) is 0.758. The van der Waals surface area contributed by atoms with E-state index in [2.05, 4.69) is 4.74 Å². The van der Waals surface area contributed by atoms with Crippen LogP contribution in [-0.4, -0.2) is 41.4 Å². The molecule has 0 saturated carbocycles. The van der Waals surface area contributed by atoms with E-state index in [4.69, 9.17) is 15.3 Å². The van der Waals surface area contributed by atoms with Crippen molar-refractivity contribution in [3.8, 4) is 0 Å². The standard InChI is InChI=1S/C4H10O4/c1-8-4(7)3(6)2-5/h3-7H,2H2,1H3/t3-,4+/m0/s1.